The number of hydrogen-bond donors (Lipinski definition) is 2. The van der Waals surface area contributed by atoms with Crippen LogP contribution in [0, 0.1) is 4.64 Å². The summed E-state index contributed by atoms with van der Waals surface area (Å²) in [6.07, 6.45) is 0. The fourth-order valence-corrected chi connectivity index (χ4v) is 2.12. The molecule has 0 aliphatic heterocycles. The lowest BCUT2D eigenvalue weighted by Gasteiger charge is -2.10. The van der Waals surface area contributed by atoms with Gasteiger partial charge in [-0.05, 0) is 19.1 Å². The molecular formula is C13H13NO4S. The number of hydrogen-bond acceptors (Lipinski definition) is 5. The number of carbonyl (C=O) groups excluding carboxylic acids is 1. The second-order valence-electron chi connectivity index (χ2n) is 3.78. The van der Waals surface area contributed by atoms with Crippen LogP contribution in [0.2, 0.25) is 0 Å². The Bertz CT molecular complexity index is 693. The van der Waals surface area contributed by atoms with Crippen molar-refractivity contribution >= 4 is 29.1 Å². The highest BCUT2D eigenvalue weighted by molar-refractivity contribution is 7.71. The number of fused-ring (bicyclic) bond motifs is 1. The van der Waals surface area contributed by atoms with E-state index in [2.05, 4.69) is 4.98 Å². The fourth-order valence-electron chi connectivity index (χ4n) is 1.84. The molecule has 0 fully saturated rings. The number of esters is 1. The number of benzene rings is 1. The lowest BCUT2D eigenvalue weighted by molar-refractivity contribution is 0.0522. The Balaban J connectivity index is 2.77. The molecule has 1 aromatic carbocycles. The van der Waals surface area contributed by atoms with Crippen molar-refractivity contribution < 1.29 is 19.4 Å². The van der Waals surface area contributed by atoms with Crippen LogP contribution in [0.15, 0.2) is 18.2 Å². The standard InChI is InChI=1S/C13H13NO4S/c1-3-18-13(16)9-11(15)7-5-4-6-8(17-2)10(7)14-12(9)19/h4-6H,3H2,1-2H3,(H2,14,15,19). The summed E-state index contributed by atoms with van der Waals surface area (Å²) in [7, 11) is 1.52. The number of aromatic hydroxyl groups is 1. The summed E-state index contributed by atoms with van der Waals surface area (Å²) >= 11 is 5.09. The molecule has 0 aliphatic carbocycles. The first-order valence-corrected chi connectivity index (χ1v) is 6.10. The highest BCUT2D eigenvalue weighted by atomic mass is 32.1. The molecule has 0 bridgehead atoms. The summed E-state index contributed by atoms with van der Waals surface area (Å²) in [6, 6.07) is 5.12. The van der Waals surface area contributed by atoms with E-state index < -0.39 is 5.97 Å². The van der Waals surface area contributed by atoms with Gasteiger partial charge in [-0.25, -0.2) is 4.79 Å². The molecule has 0 saturated heterocycles. The molecule has 0 amide bonds. The zero-order chi connectivity index (χ0) is 14.0. The van der Waals surface area contributed by atoms with Gasteiger partial charge in [0.2, 0.25) is 0 Å². The van der Waals surface area contributed by atoms with Crippen molar-refractivity contribution in [2.24, 2.45) is 0 Å². The van der Waals surface area contributed by atoms with Gasteiger partial charge in [-0.3, -0.25) is 0 Å². The van der Waals surface area contributed by atoms with Crippen LogP contribution in [0.25, 0.3) is 10.9 Å². The molecule has 2 rings (SSSR count). The first-order chi connectivity index (χ1) is 9.10. The van der Waals surface area contributed by atoms with Crippen molar-refractivity contribution in [3.8, 4) is 11.5 Å². The van der Waals surface area contributed by atoms with Gasteiger partial charge >= 0.3 is 5.97 Å². The lowest BCUT2D eigenvalue weighted by atomic mass is 10.1. The van der Waals surface area contributed by atoms with Crippen molar-refractivity contribution in [3.63, 3.8) is 0 Å². The Labute approximate surface area is 114 Å². The van der Waals surface area contributed by atoms with E-state index in [1.165, 1.54) is 7.11 Å². The van der Waals surface area contributed by atoms with E-state index in [0.717, 1.165) is 0 Å². The maximum Gasteiger partial charge on any atom is 0.344 e. The minimum atomic E-state index is -0.647. The van der Waals surface area contributed by atoms with Crippen LogP contribution in [0.3, 0.4) is 0 Å². The molecule has 0 aliphatic rings. The van der Waals surface area contributed by atoms with E-state index in [-0.39, 0.29) is 22.6 Å². The smallest absolute Gasteiger partial charge is 0.344 e. The number of pyridine rings is 1. The van der Waals surface area contributed by atoms with E-state index in [1.54, 1.807) is 25.1 Å². The zero-order valence-electron chi connectivity index (χ0n) is 10.5. The van der Waals surface area contributed by atoms with E-state index in [1.807, 2.05) is 0 Å². The first kappa shape index (κ1) is 13.4. The predicted octanol–water partition coefficient (Wildman–Crippen LogP) is 2.79. The van der Waals surface area contributed by atoms with Crippen molar-refractivity contribution in [2.75, 3.05) is 13.7 Å². The molecule has 1 aromatic heterocycles. The molecule has 6 heteroatoms. The second-order valence-corrected chi connectivity index (χ2v) is 4.19. The minimum absolute atomic E-state index is 0.0300. The average Bonchev–Trinajstić information content (AvgIpc) is 2.38. The number of aromatic nitrogens is 1. The van der Waals surface area contributed by atoms with Gasteiger partial charge in [0, 0.05) is 5.39 Å². The Kier molecular flexibility index (Phi) is 3.71. The summed E-state index contributed by atoms with van der Waals surface area (Å²) in [5.41, 5.74) is 0.512. The van der Waals surface area contributed by atoms with Crippen molar-refractivity contribution in [1.82, 2.24) is 4.98 Å². The summed E-state index contributed by atoms with van der Waals surface area (Å²) in [4.78, 5) is 14.7. The third-order valence-electron chi connectivity index (χ3n) is 2.68. The van der Waals surface area contributed by atoms with Crippen LogP contribution in [0.4, 0.5) is 0 Å². The highest BCUT2D eigenvalue weighted by Crippen LogP contribution is 2.33. The molecule has 19 heavy (non-hydrogen) atoms. The van der Waals surface area contributed by atoms with Gasteiger partial charge in [0.25, 0.3) is 0 Å². The summed E-state index contributed by atoms with van der Waals surface area (Å²) in [6.45, 7) is 1.90. The lowest BCUT2D eigenvalue weighted by Crippen LogP contribution is -2.07. The molecule has 2 N–H and O–H groups in total. The second kappa shape index (κ2) is 5.27. The van der Waals surface area contributed by atoms with Gasteiger partial charge in [0.1, 0.15) is 21.7 Å². The predicted molar refractivity (Wildman–Crippen MR) is 73.3 cm³/mol. The van der Waals surface area contributed by atoms with Crippen molar-refractivity contribution in [2.45, 2.75) is 6.92 Å². The van der Waals surface area contributed by atoms with Gasteiger partial charge in [0.15, 0.2) is 0 Å². The highest BCUT2D eigenvalue weighted by Gasteiger charge is 2.19. The number of nitrogens with one attached hydrogen (secondary N) is 1. The number of aromatic amines is 1. The molecule has 100 valence electrons. The average molecular weight is 279 g/mol. The van der Waals surface area contributed by atoms with Gasteiger partial charge in [-0.15, -0.1) is 0 Å². The van der Waals surface area contributed by atoms with E-state index in [9.17, 15) is 9.90 Å². The molecule has 5 nitrogen and oxygen atoms in total. The van der Waals surface area contributed by atoms with Crippen LogP contribution in [0.5, 0.6) is 11.5 Å². The normalized spacial score (nSPS) is 10.4. The maximum absolute atomic E-state index is 11.8. The molecule has 0 saturated carbocycles. The van der Waals surface area contributed by atoms with Crippen LogP contribution in [-0.2, 0) is 4.74 Å². The maximum atomic E-state index is 11.8. The number of ether oxygens (including phenoxy) is 2. The zero-order valence-corrected chi connectivity index (χ0v) is 11.3. The molecule has 1 heterocycles. The van der Waals surface area contributed by atoms with Gasteiger partial charge in [-0.2, -0.15) is 0 Å². The molecule has 0 atom stereocenters. The Morgan fingerprint density at radius 2 is 2.21 bits per heavy atom. The molecular weight excluding hydrogens is 266 g/mol. The quantitative estimate of drug-likeness (QED) is 0.667. The van der Waals surface area contributed by atoms with Crippen molar-refractivity contribution in [1.29, 1.82) is 0 Å². The Morgan fingerprint density at radius 3 is 2.84 bits per heavy atom. The molecule has 2 aromatic rings. The summed E-state index contributed by atoms with van der Waals surface area (Å²) in [5.74, 6) is -0.309. The number of carbonyl (C=O) groups is 1. The first-order valence-electron chi connectivity index (χ1n) is 5.69. The number of para-hydroxylation sites is 1. The summed E-state index contributed by atoms with van der Waals surface area (Å²) in [5, 5.41) is 10.7. The van der Waals surface area contributed by atoms with Crippen LogP contribution >= 0.6 is 12.2 Å². The van der Waals surface area contributed by atoms with E-state index >= 15 is 0 Å². The Morgan fingerprint density at radius 1 is 1.47 bits per heavy atom. The monoisotopic (exact) mass is 279 g/mol. The largest absolute Gasteiger partial charge is 0.506 e. The van der Waals surface area contributed by atoms with Gasteiger partial charge < -0.3 is 19.6 Å². The third-order valence-corrected chi connectivity index (χ3v) is 2.99. The summed E-state index contributed by atoms with van der Waals surface area (Å²) < 4.78 is 10.2. The fraction of sp³-hybridized carbons (Fsp3) is 0.231. The molecule has 0 spiro atoms. The van der Waals surface area contributed by atoms with Crippen LogP contribution in [0.1, 0.15) is 17.3 Å². The van der Waals surface area contributed by atoms with Crippen LogP contribution in [-0.4, -0.2) is 29.8 Å². The topological polar surface area (TPSA) is 71.6 Å². The van der Waals surface area contributed by atoms with Crippen LogP contribution < -0.4 is 4.74 Å². The number of methoxy groups -OCH3 is 1. The van der Waals surface area contributed by atoms with E-state index in [0.29, 0.717) is 16.7 Å². The Hall–Kier alpha value is -2.08. The number of rotatable bonds is 3. The van der Waals surface area contributed by atoms with Gasteiger partial charge in [0.05, 0.1) is 19.2 Å². The minimum Gasteiger partial charge on any atom is -0.506 e. The van der Waals surface area contributed by atoms with Crippen molar-refractivity contribution in [3.05, 3.63) is 28.4 Å². The van der Waals surface area contributed by atoms with E-state index in [4.69, 9.17) is 21.7 Å². The number of H-pyrrole nitrogens is 1. The SMILES string of the molecule is CCOC(=O)c1c(O)c2cccc(OC)c2[nH]c1=S. The third kappa shape index (κ3) is 2.26. The van der Waals surface area contributed by atoms with Gasteiger partial charge in [-0.1, -0.05) is 18.3 Å². The molecule has 0 radical (unpaired) electrons. The molecule has 0 unspecified atom stereocenters.